The summed E-state index contributed by atoms with van der Waals surface area (Å²) in [5.74, 6) is 3.09. The normalized spacial score (nSPS) is 45.2. The first-order chi connectivity index (χ1) is 7.75. The van der Waals surface area contributed by atoms with Crippen LogP contribution in [0.15, 0.2) is 12.3 Å². The molecule has 4 aliphatic carbocycles. The first-order valence-electron chi connectivity index (χ1n) is 6.74. The molecule has 0 spiro atoms. The van der Waals surface area contributed by atoms with Crippen molar-refractivity contribution in [2.75, 3.05) is 0 Å². The zero-order valence-electron chi connectivity index (χ0n) is 10.0. The first-order valence-corrected chi connectivity index (χ1v) is 6.74. The van der Waals surface area contributed by atoms with Crippen molar-refractivity contribution >= 4 is 0 Å². The van der Waals surface area contributed by atoms with Gasteiger partial charge < -0.3 is 0 Å². The molecule has 0 aliphatic heterocycles. The quantitative estimate of drug-likeness (QED) is 0.708. The standard InChI is InChI=1S/C14H20N2/c1-16-13(2-3-15-16)14-7-10-4-11(8-14)6-12(5-10)9-14/h2-3,10-12H,4-9H2,1H3/i15+1,16+1. The third-order valence-corrected chi connectivity index (χ3v) is 5.40. The highest BCUT2D eigenvalue weighted by Gasteiger charge is 2.52. The second-order valence-corrected chi connectivity index (χ2v) is 6.54. The van der Waals surface area contributed by atoms with Gasteiger partial charge in [-0.2, -0.15) is 5.10 Å². The van der Waals surface area contributed by atoms with Gasteiger partial charge in [0.1, 0.15) is 0 Å². The number of nitrogens with zero attached hydrogens (tertiary/aromatic N) is 2. The molecule has 0 radical (unpaired) electrons. The Morgan fingerprint density at radius 2 is 1.69 bits per heavy atom. The van der Waals surface area contributed by atoms with Crippen LogP contribution in [0.5, 0.6) is 0 Å². The molecule has 2 heteroatoms. The fourth-order valence-corrected chi connectivity index (χ4v) is 5.32. The van der Waals surface area contributed by atoms with Gasteiger partial charge in [0, 0.05) is 24.4 Å². The summed E-state index contributed by atoms with van der Waals surface area (Å²) >= 11 is 0. The SMILES string of the molecule is C[15n]1[15n]ccc1C12CC3CC(CC(C3)C1)C2. The molecule has 0 N–H and O–H groups in total. The van der Waals surface area contributed by atoms with Gasteiger partial charge in [-0.1, -0.05) is 0 Å². The molecule has 1 aromatic heterocycles. The second kappa shape index (κ2) is 2.91. The van der Waals surface area contributed by atoms with Crippen molar-refractivity contribution in [3.8, 4) is 0 Å². The van der Waals surface area contributed by atoms with Crippen LogP contribution in [0.4, 0.5) is 0 Å². The molecule has 5 rings (SSSR count). The predicted molar refractivity (Wildman–Crippen MR) is 63.1 cm³/mol. The summed E-state index contributed by atoms with van der Waals surface area (Å²) in [5, 5.41) is 4.39. The predicted octanol–water partition coefficient (Wildman–Crippen LogP) is 2.89. The van der Waals surface area contributed by atoms with Crippen molar-refractivity contribution in [3.05, 3.63) is 18.0 Å². The van der Waals surface area contributed by atoms with Gasteiger partial charge in [-0.15, -0.1) is 0 Å². The minimum atomic E-state index is 0.514. The van der Waals surface area contributed by atoms with E-state index in [9.17, 15) is 0 Å². The Morgan fingerprint density at radius 3 is 2.12 bits per heavy atom. The smallest absolute Gasteiger partial charge is 0.0492 e. The summed E-state index contributed by atoms with van der Waals surface area (Å²) in [7, 11) is 2.12. The van der Waals surface area contributed by atoms with Gasteiger partial charge in [-0.05, 0) is 62.3 Å². The molecule has 1 heterocycles. The molecule has 4 aliphatic rings. The number of hydrogen-bond acceptors (Lipinski definition) is 1. The van der Waals surface area contributed by atoms with Gasteiger partial charge in [0.05, 0.1) is 0 Å². The van der Waals surface area contributed by atoms with E-state index >= 15 is 0 Å². The van der Waals surface area contributed by atoms with Crippen LogP contribution in [-0.4, -0.2) is 9.78 Å². The molecule has 4 bridgehead atoms. The van der Waals surface area contributed by atoms with Crippen molar-refractivity contribution in [2.24, 2.45) is 24.8 Å². The van der Waals surface area contributed by atoms with Gasteiger partial charge in [0.25, 0.3) is 0 Å². The van der Waals surface area contributed by atoms with Crippen LogP contribution in [0, 0.1) is 17.8 Å². The van der Waals surface area contributed by atoms with Crippen molar-refractivity contribution in [1.82, 2.24) is 9.78 Å². The van der Waals surface area contributed by atoms with Gasteiger partial charge in [-0.3, -0.25) is 4.68 Å². The highest BCUT2D eigenvalue weighted by atomic mass is 16.1. The molecular formula is C14H20N2. The Labute approximate surface area is 97.0 Å². The largest absolute Gasteiger partial charge is 0.272 e. The zero-order chi connectivity index (χ0) is 10.8. The Kier molecular flexibility index (Phi) is 1.68. The van der Waals surface area contributed by atoms with E-state index in [0.717, 1.165) is 17.8 Å². The van der Waals surface area contributed by atoms with Gasteiger partial charge >= 0.3 is 0 Å². The zero-order valence-corrected chi connectivity index (χ0v) is 10.0. The maximum atomic E-state index is 4.39. The average molecular weight is 218 g/mol. The fourth-order valence-electron chi connectivity index (χ4n) is 5.32. The van der Waals surface area contributed by atoms with E-state index in [2.05, 4.69) is 22.9 Å². The van der Waals surface area contributed by atoms with Crippen LogP contribution in [0.25, 0.3) is 0 Å². The van der Waals surface area contributed by atoms with E-state index in [1.807, 2.05) is 6.20 Å². The Morgan fingerprint density at radius 1 is 1.12 bits per heavy atom. The lowest BCUT2D eigenvalue weighted by Crippen LogP contribution is -2.49. The molecular weight excluding hydrogens is 198 g/mol. The summed E-state index contributed by atoms with van der Waals surface area (Å²) in [6.45, 7) is 0. The summed E-state index contributed by atoms with van der Waals surface area (Å²) in [5.41, 5.74) is 2.03. The molecule has 86 valence electrons. The third kappa shape index (κ3) is 1.11. The molecule has 4 fully saturated rings. The summed E-state index contributed by atoms with van der Waals surface area (Å²) in [4.78, 5) is 0. The van der Waals surface area contributed by atoms with Crippen molar-refractivity contribution in [1.29, 1.82) is 0 Å². The summed E-state index contributed by atoms with van der Waals surface area (Å²) in [6.07, 6.45) is 10.9. The highest BCUT2D eigenvalue weighted by Crippen LogP contribution is 2.60. The molecule has 0 aromatic carbocycles. The number of rotatable bonds is 1. The number of aryl methyl sites for hydroxylation is 1. The van der Waals surface area contributed by atoms with Crippen molar-refractivity contribution in [3.63, 3.8) is 0 Å². The Balaban J connectivity index is 1.79. The number of hydrogen-bond donors (Lipinski definition) is 0. The van der Waals surface area contributed by atoms with Crippen LogP contribution >= 0.6 is 0 Å². The van der Waals surface area contributed by atoms with Crippen molar-refractivity contribution in [2.45, 2.75) is 43.9 Å². The molecule has 2 nitrogen and oxygen atoms in total. The maximum Gasteiger partial charge on any atom is 0.0492 e. The molecule has 0 atom stereocenters. The van der Waals surface area contributed by atoms with E-state index in [4.69, 9.17) is 0 Å². The maximum absolute atomic E-state index is 4.39. The average Bonchev–Trinajstić information content (AvgIpc) is 2.62. The molecule has 1 aromatic rings. The Bertz CT molecular complexity index is 383. The van der Waals surface area contributed by atoms with Crippen LogP contribution < -0.4 is 0 Å². The van der Waals surface area contributed by atoms with E-state index in [1.165, 1.54) is 44.2 Å². The molecule has 0 amide bonds. The van der Waals surface area contributed by atoms with Crippen LogP contribution in [0.3, 0.4) is 0 Å². The summed E-state index contributed by atoms with van der Waals surface area (Å²) in [6, 6.07) is 2.27. The highest BCUT2D eigenvalue weighted by molar-refractivity contribution is 5.22. The molecule has 0 unspecified atom stereocenters. The van der Waals surface area contributed by atoms with Gasteiger partial charge in [0.2, 0.25) is 0 Å². The van der Waals surface area contributed by atoms with Gasteiger partial charge in [-0.25, -0.2) is 0 Å². The lowest BCUT2D eigenvalue weighted by atomic mass is 9.49. The monoisotopic (exact) mass is 218 g/mol. The second-order valence-electron chi connectivity index (χ2n) is 6.54. The topological polar surface area (TPSA) is 17.8 Å². The Hall–Kier alpha value is -0.790. The molecule has 4 saturated carbocycles. The van der Waals surface area contributed by atoms with E-state index in [-0.39, 0.29) is 0 Å². The van der Waals surface area contributed by atoms with Crippen molar-refractivity contribution < 1.29 is 0 Å². The van der Waals surface area contributed by atoms with Gasteiger partial charge in [0.15, 0.2) is 0 Å². The third-order valence-electron chi connectivity index (χ3n) is 5.40. The van der Waals surface area contributed by atoms with E-state index < -0.39 is 0 Å². The first kappa shape index (κ1) is 9.26. The molecule has 0 saturated heterocycles. The van der Waals surface area contributed by atoms with E-state index in [0.29, 0.717) is 5.41 Å². The minimum absolute atomic E-state index is 0.514. The van der Waals surface area contributed by atoms with Crippen LogP contribution in [0.1, 0.15) is 44.2 Å². The number of aromatic nitrogens is 2. The lowest BCUT2D eigenvalue weighted by Gasteiger charge is -2.56. The van der Waals surface area contributed by atoms with E-state index in [1.54, 1.807) is 0 Å². The minimum Gasteiger partial charge on any atom is -0.272 e. The van der Waals surface area contributed by atoms with Crippen LogP contribution in [0.2, 0.25) is 0 Å². The lowest BCUT2D eigenvalue weighted by molar-refractivity contribution is -0.00887. The van der Waals surface area contributed by atoms with Crippen LogP contribution in [-0.2, 0) is 12.5 Å². The fraction of sp³-hybridized carbons (Fsp3) is 0.786. The molecule has 16 heavy (non-hydrogen) atoms. The summed E-state index contributed by atoms with van der Waals surface area (Å²) < 4.78 is 2.13.